The number of nitrogens with zero attached hydrogens (tertiary/aromatic N) is 1. The van der Waals surface area contributed by atoms with Crippen molar-refractivity contribution in [3.63, 3.8) is 0 Å². The Bertz CT molecular complexity index is 575. The fourth-order valence-electron chi connectivity index (χ4n) is 1.90. The number of benzene rings is 1. The summed E-state index contributed by atoms with van der Waals surface area (Å²) in [5, 5.41) is 11.2. The third-order valence-corrected chi connectivity index (χ3v) is 2.78. The molecule has 4 heteroatoms. The lowest BCUT2D eigenvalue weighted by atomic mass is 10.1. The molecule has 0 aliphatic rings. The second kappa shape index (κ2) is 6.20. The van der Waals surface area contributed by atoms with Crippen molar-refractivity contribution < 1.29 is 14.6 Å². The minimum atomic E-state index is -0.175. The summed E-state index contributed by atoms with van der Waals surface area (Å²) in [5.41, 5.74) is 0.432. The molecule has 0 unspecified atom stereocenters. The molecule has 1 N–H and O–H groups in total. The second-order valence-electron chi connectivity index (χ2n) is 5.61. The van der Waals surface area contributed by atoms with E-state index in [1.807, 2.05) is 51.1 Å². The molecule has 0 aliphatic heterocycles. The van der Waals surface area contributed by atoms with Gasteiger partial charge in [-0.05, 0) is 38.3 Å². The van der Waals surface area contributed by atoms with Crippen molar-refractivity contribution in [3.8, 4) is 5.88 Å². The number of hydrogen-bond acceptors (Lipinski definition) is 4. The lowest BCUT2D eigenvalue weighted by Crippen LogP contribution is -2.22. The Morgan fingerprint density at radius 3 is 2.60 bits per heavy atom. The molecule has 0 amide bonds. The summed E-state index contributed by atoms with van der Waals surface area (Å²) >= 11 is 0. The SMILES string of the molecule is CC(C)(C)OCCOc1nc(CO)cc2ccccc12. The molecule has 0 saturated carbocycles. The minimum absolute atomic E-state index is 0.0975. The largest absolute Gasteiger partial charge is 0.475 e. The zero-order valence-corrected chi connectivity index (χ0v) is 12.2. The molecule has 0 fully saturated rings. The highest BCUT2D eigenvalue weighted by molar-refractivity contribution is 5.87. The first kappa shape index (κ1) is 14.8. The molecule has 4 nitrogen and oxygen atoms in total. The maximum absolute atomic E-state index is 9.26. The molecule has 0 atom stereocenters. The van der Waals surface area contributed by atoms with Crippen LogP contribution in [0.15, 0.2) is 30.3 Å². The van der Waals surface area contributed by atoms with Gasteiger partial charge in [-0.1, -0.05) is 18.2 Å². The summed E-state index contributed by atoms with van der Waals surface area (Å²) in [6.07, 6.45) is 0. The van der Waals surface area contributed by atoms with Gasteiger partial charge in [0, 0.05) is 5.39 Å². The summed E-state index contributed by atoms with van der Waals surface area (Å²) in [6, 6.07) is 9.71. The molecule has 2 aromatic rings. The quantitative estimate of drug-likeness (QED) is 0.852. The van der Waals surface area contributed by atoms with Crippen molar-refractivity contribution in [1.29, 1.82) is 0 Å². The van der Waals surface area contributed by atoms with E-state index in [0.29, 0.717) is 24.8 Å². The third kappa shape index (κ3) is 3.92. The molecule has 0 saturated heterocycles. The molecular formula is C16H21NO3. The van der Waals surface area contributed by atoms with Gasteiger partial charge in [0.25, 0.3) is 0 Å². The first-order chi connectivity index (χ1) is 9.49. The monoisotopic (exact) mass is 275 g/mol. The maximum Gasteiger partial charge on any atom is 0.221 e. The molecule has 20 heavy (non-hydrogen) atoms. The van der Waals surface area contributed by atoms with E-state index in [0.717, 1.165) is 10.8 Å². The lowest BCUT2D eigenvalue weighted by molar-refractivity contribution is -0.0166. The van der Waals surface area contributed by atoms with Gasteiger partial charge in [-0.2, -0.15) is 0 Å². The standard InChI is InChI=1S/C16H21NO3/c1-16(2,3)20-9-8-19-15-14-7-5-4-6-12(14)10-13(11-18)17-15/h4-7,10,18H,8-9,11H2,1-3H3. The van der Waals surface area contributed by atoms with Gasteiger partial charge in [0.15, 0.2) is 0 Å². The van der Waals surface area contributed by atoms with Crippen molar-refractivity contribution in [2.75, 3.05) is 13.2 Å². The van der Waals surface area contributed by atoms with Crippen LogP contribution >= 0.6 is 0 Å². The smallest absolute Gasteiger partial charge is 0.221 e. The number of pyridine rings is 1. The van der Waals surface area contributed by atoms with E-state index in [2.05, 4.69) is 4.98 Å². The third-order valence-electron chi connectivity index (χ3n) is 2.78. The van der Waals surface area contributed by atoms with Crippen LogP contribution in [0, 0.1) is 0 Å². The Morgan fingerprint density at radius 2 is 1.90 bits per heavy atom. The van der Waals surface area contributed by atoms with Crippen LogP contribution in [0.5, 0.6) is 5.88 Å². The fraction of sp³-hybridized carbons (Fsp3) is 0.438. The molecule has 0 aliphatic carbocycles. The van der Waals surface area contributed by atoms with Crippen LogP contribution in [0.4, 0.5) is 0 Å². The molecule has 108 valence electrons. The molecule has 1 aromatic heterocycles. The van der Waals surface area contributed by atoms with E-state index >= 15 is 0 Å². The van der Waals surface area contributed by atoms with Gasteiger partial charge >= 0.3 is 0 Å². The Morgan fingerprint density at radius 1 is 1.15 bits per heavy atom. The van der Waals surface area contributed by atoms with Crippen molar-refractivity contribution in [1.82, 2.24) is 4.98 Å². The van der Waals surface area contributed by atoms with Crippen LogP contribution in [-0.2, 0) is 11.3 Å². The van der Waals surface area contributed by atoms with Crippen molar-refractivity contribution in [3.05, 3.63) is 36.0 Å². The van der Waals surface area contributed by atoms with E-state index in [1.54, 1.807) is 0 Å². The van der Waals surface area contributed by atoms with Gasteiger partial charge in [-0.3, -0.25) is 0 Å². The molecular weight excluding hydrogens is 254 g/mol. The number of ether oxygens (including phenoxy) is 2. The zero-order chi connectivity index (χ0) is 14.6. The van der Waals surface area contributed by atoms with Crippen molar-refractivity contribution in [2.45, 2.75) is 33.0 Å². The number of hydrogen-bond donors (Lipinski definition) is 1. The van der Waals surface area contributed by atoms with Gasteiger partial charge in [-0.15, -0.1) is 0 Å². The van der Waals surface area contributed by atoms with Gasteiger partial charge in [0.05, 0.1) is 24.5 Å². The highest BCUT2D eigenvalue weighted by Gasteiger charge is 2.10. The Labute approximate surface area is 119 Å². The zero-order valence-electron chi connectivity index (χ0n) is 12.2. The number of aliphatic hydroxyl groups is 1. The topological polar surface area (TPSA) is 51.6 Å². The minimum Gasteiger partial charge on any atom is -0.475 e. The van der Waals surface area contributed by atoms with Crippen molar-refractivity contribution >= 4 is 10.8 Å². The summed E-state index contributed by atoms with van der Waals surface area (Å²) in [4.78, 5) is 4.33. The van der Waals surface area contributed by atoms with Crippen LogP contribution in [0.2, 0.25) is 0 Å². The van der Waals surface area contributed by atoms with Crippen LogP contribution in [0.25, 0.3) is 10.8 Å². The van der Waals surface area contributed by atoms with Gasteiger partial charge in [0.2, 0.25) is 5.88 Å². The van der Waals surface area contributed by atoms with Crippen LogP contribution in [-0.4, -0.2) is 28.9 Å². The average Bonchev–Trinajstić information content (AvgIpc) is 2.42. The Hall–Kier alpha value is -1.65. The molecule has 0 spiro atoms. The summed E-state index contributed by atoms with van der Waals surface area (Å²) in [5.74, 6) is 0.546. The van der Waals surface area contributed by atoms with Crippen molar-refractivity contribution in [2.24, 2.45) is 0 Å². The van der Waals surface area contributed by atoms with Crippen LogP contribution in [0.3, 0.4) is 0 Å². The Balaban J connectivity index is 2.12. The van der Waals surface area contributed by atoms with E-state index < -0.39 is 0 Å². The first-order valence-corrected chi connectivity index (χ1v) is 6.76. The van der Waals surface area contributed by atoms with E-state index in [4.69, 9.17) is 9.47 Å². The van der Waals surface area contributed by atoms with Gasteiger partial charge in [0.1, 0.15) is 6.61 Å². The molecule has 1 aromatic carbocycles. The summed E-state index contributed by atoms with van der Waals surface area (Å²) < 4.78 is 11.3. The normalized spacial score (nSPS) is 11.8. The average molecular weight is 275 g/mol. The maximum atomic E-state index is 9.26. The van der Waals surface area contributed by atoms with Crippen LogP contribution < -0.4 is 4.74 Å². The Kier molecular flexibility index (Phi) is 4.57. The molecule has 0 bridgehead atoms. The summed E-state index contributed by atoms with van der Waals surface area (Å²) in [6.45, 7) is 6.86. The number of aromatic nitrogens is 1. The number of aliphatic hydroxyl groups excluding tert-OH is 1. The van der Waals surface area contributed by atoms with Gasteiger partial charge in [-0.25, -0.2) is 4.98 Å². The summed E-state index contributed by atoms with van der Waals surface area (Å²) in [7, 11) is 0. The predicted molar refractivity (Wildman–Crippen MR) is 78.9 cm³/mol. The predicted octanol–water partition coefficient (Wildman–Crippen LogP) is 2.92. The first-order valence-electron chi connectivity index (χ1n) is 6.76. The van der Waals surface area contributed by atoms with E-state index in [-0.39, 0.29) is 12.2 Å². The lowest BCUT2D eigenvalue weighted by Gasteiger charge is -2.19. The van der Waals surface area contributed by atoms with E-state index in [1.165, 1.54) is 0 Å². The number of fused-ring (bicyclic) bond motifs is 1. The molecule has 0 radical (unpaired) electrons. The molecule has 1 heterocycles. The highest BCUT2D eigenvalue weighted by Crippen LogP contribution is 2.24. The van der Waals surface area contributed by atoms with E-state index in [9.17, 15) is 5.11 Å². The molecule has 2 rings (SSSR count). The fourth-order valence-corrected chi connectivity index (χ4v) is 1.90. The number of rotatable bonds is 5. The van der Waals surface area contributed by atoms with Gasteiger partial charge < -0.3 is 14.6 Å². The van der Waals surface area contributed by atoms with Crippen LogP contribution in [0.1, 0.15) is 26.5 Å². The highest BCUT2D eigenvalue weighted by atomic mass is 16.5. The second-order valence-corrected chi connectivity index (χ2v) is 5.61.